The number of aryl methyl sites for hydroxylation is 2. The zero-order chi connectivity index (χ0) is 16.9. The molecule has 23 heavy (non-hydrogen) atoms. The Morgan fingerprint density at radius 3 is 2.43 bits per heavy atom. The predicted octanol–water partition coefficient (Wildman–Crippen LogP) is 1.17. The van der Waals surface area contributed by atoms with E-state index < -0.39 is 23.5 Å². The van der Waals surface area contributed by atoms with E-state index in [2.05, 4.69) is 9.88 Å². The van der Waals surface area contributed by atoms with Gasteiger partial charge in [0.2, 0.25) is 5.84 Å². The Labute approximate surface area is 131 Å². The highest BCUT2D eigenvalue weighted by Crippen LogP contribution is 2.43. The lowest BCUT2D eigenvalue weighted by atomic mass is 9.98. The fraction of sp³-hybridized carbons (Fsp3) is 0.357. The summed E-state index contributed by atoms with van der Waals surface area (Å²) in [5.41, 5.74) is 0.505. The number of anilines is 2. The predicted molar refractivity (Wildman–Crippen MR) is 80.6 cm³/mol. The third-order valence-electron chi connectivity index (χ3n) is 4.18. The molecule has 0 saturated carbocycles. The smallest absolute Gasteiger partial charge is 0.325 e. The Kier molecular flexibility index (Phi) is 3.36. The normalized spacial score (nSPS) is 23.3. The van der Waals surface area contributed by atoms with E-state index in [1.54, 1.807) is 19.1 Å². The summed E-state index contributed by atoms with van der Waals surface area (Å²) in [4.78, 5) is 33.5. The van der Waals surface area contributed by atoms with Crippen LogP contribution >= 0.6 is 0 Å². The number of hydrogen-bond acceptors (Lipinski definition) is 7. The number of nitrogens with zero attached hydrogens (tertiary/aromatic N) is 3. The summed E-state index contributed by atoms with van der Waals surface area (Å²) in [5, 5.41) is 22.5. The molecule has 3 N–H and O–H groups in total. The molecule has 0 spiro atoms. The van der Waals surface area contributed by atoms with Crippen molar-refractivity contribution in [2.45, 2.75) is 26.5 Å². The summed E-state index contributed by atoms with van der Waals surface area (Å²) in [6.45, 7) is 5.75. The van der Waals surface area contributed by atoms with Gasteiger partial charge < -0.3 is 4.90 Å². The molecule has 1 aromatic carbocycles. The Balaban J connectivity index is 2.35. The van der Waals surface area contributed by atoms with Gasteiger partial charge in [-0.15, -0.1) is 0 Å². The first kappa shape index (κ1) is 15.4. The standard InChI is InChI=1S/C14H16N4O5/c1-4-17-9-5-7(2)8(3)6-10(9)18(21)11-14(17,23-22)12(19)16-13(20)15-11/h5-6,21-22H,4H2,1-3H3,(H,16,19,20). The van der Waals surface area contributed by atoms with Gasteiger partial charge in [-0.3, -0.25) is 15.3 Å². The van der Waals surface area contributed by atoms with E-state index >= 15 is 0 Å². The van der Waals surface area contributed by atoms with Gasteiger partial charge in [0.05, 0.1) is 11.4 Å². The van der Waals surface area contributed by atoms with Gasteiger partial charge in [0.25, 0.3) is 5.91 Å². The van der Waals surface area contributed by atoms with Crippen molar-refractivity contribution in [1.82, 2.24) is 5.32 Å². The van der Waals surface area contributed by atoms with Crippen LogP contribution in [0, 0.1) is 13.8 Å². The van der Waals surface area contributed by atoms with Crippen molar-refractivity contribution in [3.05, 3.63) is 23.3 Å². The number of aliphatic imine (C=N–C) groups is 1. The van der Waals surface area contributed by atoms with Crippen LogP contribution in [0.15, 0.2) is 17.1 Å². The monoisotopic (exact) mass is 320 g/mol. The van der Waals surface area contributed by atoms with Crippen LogP contribution in [0.2, 0.25) is 0 Å². The van der Waals surface area contributed by atoms with Gasteiger partial charge >= 0.3 is 11.8 Å². The minimum atomic E-state index is -2.13. The molecule has 0 radical (unpaired) electrons. The molecule has 1 aromatic rings. The van der Waals surface area contributed by atoms with Crippen LogP contribution in [-0.4, -0.2) is 40.5 Å². The van der Waals surface area contributed by atoms with Crippen molar-refractivity contribution in [1.29, 1.82) is 0 Å². The number of hydrogen-bond donors (Lipinski definition) is 3. The molecular weight excluding hydrogens is 304 g/mol. The van der Waals surface area contributed by atoms with Gasteiger partial charge in [0, 0.05) is 6.54 Å². The van der Waals surface area contributed by atoms with Crippen molar-refractivity contribution >= 4 is 29.1 Å². The van der Waals surface area contributed by atoms with Crippen molar-refractivity contribution in [3.8, 4) is 0 Å². The highest BCUT2D eigenvalue weighted by Gasteiger charge is 2.60. The van der Waals surface area contributed by atoms with Crippen LogP contribution in [0.25, 0.3) is 0 Å². The number of hydroxylamine groups is 1. The van der Waals surface area contributed by atoms with Crippen LogP contribution in [0.3, 0.4) is 0 Å². The second-order valence-corrected chi connectivity index (χ2v) is 5.41. The average Bonchev–Trinajstić information content (AvgIpc) is 2.51. The Hall–Kier alpha value is -2.49. The molecule has 122 valence electrons. The molecular formula is C14H16N4O5. The van der Waals surface area contributed by atoms with E-state index in [9.17, 15) is 20.1 Å². The van der Waals surface area contributed by atoms with Gasteiger partial charge in [-0.2, -0.15) is 9.88 Å². The van der Waals surface area contributed by atoms with Crippen molar-refractivity contribution in [2.75, 3.05) is 16.5 Å². The second-order valence-electron chi connectivity index (χ2n) is 5.41. The average molecular weight is 320 g/mol. The van der Waals surface area contributed by atoms with Crippen molar-refractivity contribution in [2.24, 2.45) is 4.99 Å². The molecule has 3 rings (SSSR count). The lowest BCUT2D eigenvalue weighted by Crippen LogP contribution is -2.73. The third kappa shape index (κ3) is 1.87. The summed E-state index contributed by atoms with van der Waals surface area (Å²) in [5.74, 6) is -1.34. The summed E-state index contributed by atoms with van der Waals surface area (Å²) < 4.78 is 0. The lowest BCUT2D eigenvalue weighted by Gasteiger charge is -2.48. The van der Waals surface area contributed by atoms with E-state index in [4.69, 9.17) is 0 Å². The number of carbonyl (C=O) groups is 2. The first-order valence-electron chi connectivity index (χ1n) is 7.01. The van der Waals surface area contributed by atoms with Gasteiger partial charge in [0.15, 0.2) is 0 Å². The molecule has 3 amide bonds. The zero-order valence-electron chi connectivity index (χ0n) is 12.8. The topological polar surface area (TPSA) is 115 Å². The molecule has 0 aromatic heterocycles. The largest absolute Gasteiger partial charge is 0.349 e. The first-order chi connectivity index (χ1) is 10.9. The second kappa shape index (κ2) is 5.01. The first-order valence-corrected chi connectivity index (χ1v) is 7.01. The highest BCUT2D eigenvalue weighted by atomic mass is 17.1. The number of nitrogens with one attached hydrogen (secondary N) is 1. The molecule has 0 fully saturated rings. The Morgan fingerprint density at radius 1 is 1.26 bits per heavy atom. The van der Waals surface area contributed by atoms with Crippen molar-refractivity contribution < 1.29 is 24.9 Å². The number of likely N-dealkylation sites (N-methyl/N-ethyl adjacent to an activating group) is 1. The number of benzene rings is 1. The van der Waals surface area contributed by atoms with Crippen LogP contribution in [0.1, 0.15) is 18.1 Å². The Morgan fingerprint density at radius 2 is 1.87 bits per heavy atom. The van der Waals surface area contributed by atoms with Gasteiger partial charge in [-0.25, -0.2) is 15.1 Å². The van der Waals surface area contributed by atoms with Crippen LogP contribution < -0.4 is 15.3 Å². The number of amidine groups is 1. The molecule has 2 aliphatic heterocycles. The summed E-state index contributed by atoms with van der Waals surface area (Å²) in [7, 11) is 0. The minimum Gasteiger partial charge on any atom is -0.325 e. The molecule has 0 aliphatic carbocycles. The van der Waals surface area contributed by atoms with E-state index in [1.807, 2.05) is 19.2 Å². The molecule has 1 unspecified atom stereocenters. The summed E-state index contributed by atoms with van der Waals surface area (Å²) >= 11 is 0. The van der Waals surface area contributed by atoms with E-state index in [1.165, 1.54) is 4.90 Å². The maximum absolute atomic E-state index is 12.4. The zero-order valence-corrected chi connectivity index (χ0v) is 12.8. The summed E-state index contributed by atoms with van der Waals surface area (Å²) in [6, 6.07) is 2.52. The molecule has 9 heteroatoms. The third-order valence-corrected chi connectivity index (χ3v) is 4.18. The number of urea groups is 1. The van der Waals surface area contributed by atoms with E-state index in [-0.39, 0.29) is 6.54 Å². The molecule has 2 heterocycles. The Bertz CT molecular complexity index is 747. The van der Waals surface area contributed by atoms with Gasteiger partial charge in [-0.1, -0.05) is 0 Å². The van der Waals surface area contributed by atoms with Crippen LogP contribution in [-0.2, 0) is 9.68 Å². The van der Waals surface area contributed by atoms with E-state index in [0.717, 1.165) is 11.1 Å². The lowest BCUT2D eigenvalue weighted by molar-refractivity contribution is -0.292. The summed E-state index contributed by atoms with van der Waals surface area (Å²) in [6.07, 6.45) is 0. The van der Waals surface area contributed by atoms with Crippen molar-refractivity contribution in [3.63, 3.8) is 0 Å². The fourth-order valence-corrected chi connectivity index (χ4v) is 2.90. The molecule has 0 bridgehead atoms. The van der Waals surface area contributed by atoms with Crippen LogP contribution in [0.5, 0.6) is 0 Å². The molecule has 1 atom stereocenters. The minimum absolute atomic E-state index is 0.254. The number of fused-ring (bicyclic) bond motifs is 2. The van der Waals surface area contributed by atoms with Gasteiger partial charge in [-0.05, 0) is 44.0 Å². The van der Waals surface area contributed by atoms with Gasteiger partial charge in [0.1, 0.15) is 0 Å². The quantitative estimate of drug-likeness (QED) is 0.553. The molecule has 9 nitrogen and oxygen atoms in total. The maximum Gasteiger partial charge on any atom is 0.349 e. The number of imide groups is 1. The number of amides is 3. The molecule has 0 saturated heterocycles. The SMILES string of the molecule is CCN1c2cc(C)c(C)cc2N(O)C2=NC(=O)NC(=O)C21OO. The number of rotatable bonds is 2. The van der Waals surface area contributed by atoms with Crippen LogP contribution in [0.4, 0.5) is 16.2 Å². The fourth-order valence-electron chi connectivity index (χ4n) is 2.90. The molecule has 2 aliphatic rings. The number of carbonyl (C=O) groups excluding carboxylic acids is 2. The van der Waals surface area contributed by atoms with E-state index in [0.29, 0.717) is 16.4 Å². The maximum atomic E-state index is 12.4. The highest BCUT2D eigenvalue weighted by molar-refractivity contribution is 6.28.